The summed E-state index contributed by atoms with van der Waals surface area (Å²) < 4.78 is 5.53. The summed E-state index contributed by atoms with van der Waals surface area (Å²) in [5.74, 6) is 0.324. The van der Waals surface area contributed by atoms with E-state index in [2.05, 4.69) is 10.6 Å². The lowest BCUT2D eigenvalue weighted by atomic mass is 10.1. The Morgan fingerprint density at radius 2 is 2.00 bits per heavy atom. The summed E-state index contributed by atoms with van der Waals surface area (Å²) >= 11 is 6.08. The van der Waals surface area contributed by atoms with Crippen LogP contribution in [0.4, 0.5) is 0 Å². The van der Waals surface area contributed by atoms with Gasteiger partial charge in [-0.25, -0.2) is 0 Å². The van der Waals surface area contributed by atoms with Crippen LogP contribution in [0, 0.1) is 0 Å². The van der Waals surface area contributed by atoms with Gasteiger partial charge in [0.1, 0.15) is 5.75 Å². The van der Waals surface area contributed by atoms with Crippen LogP contribution in [0.5, 0.6) is 5.75 Å². The van der Waals surface area contributed by atoms with Crippen LogP contribution in [0.1, 0.15) is 41.3 Å². The highest BCUT2D eigenvalue weighted by atomic mass is 35.5. The smallest absolute Gasteiger partial charge is 0.258 e. The highest BCUT2D eigenvalue weighted by Crippen LogP contribution is 2.22. The van der Waals surface area contributed by atoms with E-state index in [-0.39, 0.29) is 18.4 Å². The van der Waals surface area contributed by atoms with Crippen LogP contribution in [-0.4, -0.2) is 24.5 Å². The normalized spacial score (nSPS) is 13.1. The van der Waals surface area contributed by atoms with Gasteiger partial charge in [0.25, 0.3) is 11.8 Å². The summed E-state index contributed by atoms with van der Waals surface area (Å²) in [6, 6.07) is 12.9. The number of benzene rings is 2. The van der Waals surface area contributed by atoms with Crippen molar-refractivity contribution in [3.8, 4) is 5.75 Å². The van der Waals surface area contributed by atoms with Crippen molar-refractivity contribution in [2.24, 2.45) is 0 Å². The number of ether oxygens (including phenoxy) is 1. The van der Waals surface area contributed by atoms with Crippen LogP contribution >= 0.6 is 11.6 Å². The van der Waals surface area contributed by atoms with Crippen LogP contribution in [0.2, 0.25) is 5.02 Å². The Kier molecular flexibility index (Phi) is 6.35. The van der Waals surface area contributed by atoms with Crippen LogP contribution in [0.25, 0.3) is 0 Å². The molecule has 0 saturated heterocycles. The maximum atomic E-state index is 12.1. The fourth-order valence-electron chi connectivity index (χ4n) is 2.63. The summed E-state index contributed by atoms with van der Waals surface area (Å²) in [4.78, 5) is 24.1. The second kappa shape index (κ2) is 8.91. The molecule has 0 bridgehead atoms. The lowest BCUT2D eigenvalue weighted by Gasteiger charge is -2.10. The molecule has 2 aromatic carbocycles. The van der Waals surface area contributed by atoms with Crippen molar-refractivity contribution in [3.05, 3.63) is 64.2 Å². The molecule has 0 radical (unpaired) electrons. The van der Waals surface area contributed by atoms with Gasteiger partial charge < -0.3 is 15.4 Å². The largest absolute Gasteiger partial charge is 0.484 e. The standard InChI is InChI=1S/C21H23ClN2O3/c1-2-15-11-18(8-9-19(15)22)27-13-20(25)23-12-14-4-3-5-16(10-14)21(26)24-17-6-7-17/h3-5,8-11,17H,2,6-7,12-13H2,1H3,(H,23,25)(H,24,26). The predicted molar refractivity (Wildman–Crippen MR) is 105 cm³/mol. The number of rotatable bonds is 8. The first-order valence-electron chi connectivity index (χ1n) is 9.13. The minimum atomic E-state index is -0.226. The Bertz CT molecular complexity index is 834. The molecule has 2 aromatic rings. The third-order valence-electron chi connectivity index (χ3n) is 4.36. The number of amides is 2. The number of aryl methyl sites for hydroxylation is 1. The third-order valence-corrected chi connectivity index (χ3v) is 4.73. The first-order chi connectivity index (χ1) is 13.0. The molecule has 0 aliphatic heterocycles. The number of hydrogen-bond acceptors (Lipinski definition) is 3. The second-order valence-electron chi connectivity index (χ2n) is 6.62. The third kappa shape index (κ3) is 5.73. The maximum absolute atomic E-state index is 12.1. The van der Waals surface area contributed by atoms with Crippen molar-refractivity contribution in [1.29, 1.82) is 0 Å². The highest BCUT2D eigenvalue weighted by Gasteiger charge is 2.23. The summed E-state index contributed by atoms with van der Waals surface area (Å²) in [6.45, 7) is 2.27. The molecule has 1 aliphatic rings. The minimum Gasteiger partial charge on any atom is -0.484 e. The van der Waals surface area contributed by atoms with Gasteiger partial charge in [-0.15, -0.1) is 0 Å². The molecule has 0 heterocycles. The molecule has 0 unspecified atom stereocenters. The van der Waals surface area contributed by atoms with Gasteiger partial charge in [-0.2, -0.15) is 0 Å². The van der Waals surface area contributed by atoms with Crippen LogP contribution in [0.3, 0.4) is 0 Å². The second-order valence-corrected chi connectivity index (χ2v) is 7.03. The SMILES string of the molecule is CCc1cc(OCC(=O)NCc2cccc(C(=O)NC3CC3)c2)ccc1Cl. The molecule has 1 saturated carbocycles. The fourth-order valence-corrected chi connectivity index (χ4v) is 2.88. The van der Waals surface area contributed by atoms with Crippen molar-refractivity contribution < 1.29 is 14.3 Å². The Balaban J connectivity index is 1.48. The molecule has 6 heteroatoms. The van der Waals surface area contributed by atoms with Gasteiger partial charge in [0.15, 0.2) is 6.61 Å². The Labute approximate surface area is 164 Å². The molecular weight excluding hydrogens is 364 g/mol. The van der Waals surface area contributed by atoms with Gasteiger partial charge in [0.05, 0.1) is 0 Å². The van der Waals surface area contributed by atoms with Crippen LogP contribution in [-0.2, 0) is 17.8 Å². The van der Waals surface area contributed by atoms with E-state index in [1.807, 2.05) is 25.1 Å². The van der Waals surface area contributed by atoms with E-state index >= 15 is 0 Å². The first-order valence-corrected chi connectivity index (χ1v) is 9.50. The van der Waals surface area contributed by atoms with E-state index in [4.69, 9.17) is 16.3 Å². The van der Waals surface area contributed by atoms with E-state index < -0.39 is 0 Å². The topological polar surface area (TPSA) is 67.4 Å². The zero-order chi connectivity index (χ0) is 19.2. The molecular formula is C21H23ClN2O3. The van der Waals surface area contributed by atoms with Gasteiger partial charge in [-0.1, -0.05) is 30.7 Å². The number of carbonyl (C=O) groups is 2. The van der Waals surface area contributed by atoms with Crippen molar-refractivity contribution >= 4 is 23.4 Å². The summed E-state index contributed by atoms with van der Waals surface area (Å²) in [5.41, 5.74) is 2.46. The molecule has 27 heavy (non-hydrogen) atoms. The van der Waals surface area contributed by atoms with Crippen molar-refractivity contribution in [3.63, 3.8) is 0 Å². The average Bonchev–Trinajstić information content (AvgIpc) is 3.50. The van der Waals surface area contributed by atoms with Crippen molar-refractivity contribution in [2.45, 2.75) is 38.8 Å². The van der Waals surface area contributed by atoms with Crippen LogP contribution in [0.15, 0.2) is 42.5 Å². The number of carbonyl (C=O) groups excluding carboxylic acids is 2. The molecule has 1 fully saturated rings. The maximum Gasteiger partial charge on any atom is 0.258 e. The summed E-state index contributed by atoms with van der Waals surface area (Å²) in [7, 11) is 0. The fraction of sp³-hybridized carbons (Fsp3) is 0.333. The van der Waals surface area contributed by atoms with E-state index in [9.17, 15) is 9.59 Å². The van der Waals surface area contributed by atoms with E-state index in [1.54, 1.807) is 24.3 Å². The molecule has 2 amide bonds. The van der Waals surface area contributed by atoms with E-state index in [0.717, 1.165) is 30.4 Å². The predicted octanol–water partition coefficient (Wildman–Crippen LogP) is 3.49. The molecule has 5 nitrogen and oxygen atoms in total. The lowest BCUT2D eigenvalue weighted by molar-refractivity contribution is -0.123. The molecule has 2 N–H and O–H groups in total. The number of halogens is 1. The highest BCUT2D eigenvalue weighted by molar-refractivity contribution is 6.31. The molecule has 142 valence electrons. The Hall–Kier alpha value is -2.53. The summed E-state index contributed by atoms with van der Waals surface area (Å²) in [6.07, 6.45) is 2.90. The lowest BCUT2D eigenvalue weighted by Crippen LogP contribution is -2.29. The monoisotopic (exact) mass is 386 g/mol. The van der Waals surface area contributed by atoms with E-state index in [0.29, 0.717) is 28.9 Å². The van der Waals surface area contributed by atoms with Gasteiger partial charge in [0.2, 0.25) is 0 Å². The molecule has 0 aromatic heterocycles. The molecule has 1 aliphatic carbocycles. The zero-order valence-electron chi connectivity index (χ0n) is 15.3. The quantitative estimate of drug-likeness (QED) is 0.729. The molecule has 3 rings (SSSR count). The zero-order valence-corrected chi connectivity index (χ0v) is 16.0. The molecule has 0 atom stereocenters. The first kappa shape index (κ1) is 19.2. The van der Waals surface area contributed by atoms with Gasteiger partial charge in [-0.05, 0) is 60.7 Å². The van der Waals surface area contributed by atoms with Gasteiger partial charge in [0, 0.05) is 23.2 Å². The number of hydrogen-bond donors (Lipinski definition) is 2. The van der Waals surface area contributed by atoms with Crippen molar-refractivity contribution in [1.82, 2.24) is 10.6 Å². The average molecular weight is 387 g/mol. The Morgan fingerprint density at radius 3 is 2.74 bits per heavy atom. The van der Waals surface area contributed by atoms with Gasteiger partial charge in [-0.3, -0.25) is 9.59 Å². The van der Waals surface area contributed by atoms with Crippen molar-refractivity contribution in [2.75, 3.05) is 6.61 Å². The Morgan fingerprint density at radius 1 is 1.19 bits per heavy atom. The van der Waals surface area contributed by atoms with E-state index in [1.165, 1.54) is 0 Å². The van der Waals surface area contributed by atoms with Gasteiger partial charge >= 0.3 is 0 Å². The molecule has 0 spiro atoms. The van der Waals surface area contributed by atoms with Crippen LogP contribution < -0.4 is 15.4 Å². The number of nitrogens with one attached hydrogen (secondary N) is 2. The minimum absolute atomic E-state index is 0.0662. The summed E-state index contributed by atoms with van der Waals surface area (Å²) in [5, 5.41) is 6.46.